The minimum atomic E-state index is -4.60. The Labute approximate surface area is 163 Å². The summed E-state index contributed by atoms with van der Waals surface area (Å²) in [6.07, 6.45) is 0.646. The molecule has 2 aliphatic rings. The standard InChI is InChI=1S/C22H27F4NO/c1-15-5-4-6-19(23)18(15)13-28-21(3,22(24,25)26)17-9-7-16(8-10-17)20(2)11-12-27-14-20/h4-7,9,27H,8,10-14H2,1-3H3/t20-,21?/m1/s1. The molecule has 0 bridgehead atoms. The summed E-state index contributed by atoms with van der Waals surface area (Å²) < 4.78 is 61.4. The average molecular weight is 397 g/mol. The van der Waals surface area contributed by atoms with Crippen LogP contribution in [0, 0.1) is 18.2 Å². The van der Waals surface area contributed by atoms with Gasteiger partial charge in [0.25, 0.3) is 0 Å². The molecule has 0 saturated carbocycles. The van der Waals surface area contributed by atoms with Gasteiger partial charge in [-0.3, -0.25) is 0 Å². The molecule has 1 unspecified atom stereocenters. The first kappa shape index (κ1) is 21.1. The van der Waals surface area contributed by atoms with Gasteiger partial charge in [-0.15, -0.1) is 0 Å². The number of halogens is 4. The van der Waals surface area contributed by atoms with Crippen molar-refractivity contribution in [2.45, 2.75) is 58.4 Å². The normalized spacial score (nSPS) is 25.2. The fourth-order valence-electron chi connectivity index (χ4n) is 4.05. The summed E-state index contributed by atoms with van der Waals surface area (Å²) in [5.74, 6) is -0.550. The van der Waals surface area contributed by atoms with Crippen molar-refractivity contribution in [1.29, 1.82) is 0 Å². The summed E-state index contributed by atoms with van der Waals surface area (Å²) in [5, 5.41) is 3.32. The van der Waals surface area contributed by atoms with Crippen molar-refractivity contribution in [2.75, 3.05) is 13.1 Å². The molecule has 1 aromatic rings. The molecule has 0 amide bonds. The lowest BCUT2D eigenvalue weighted by Gasteiger charge is -2.37. The predicted octanol–water partition coefficient (Wildman–Crippen LogP) is 5.62. The molecule has 1 aliphatic heterocycles. The van der Waals surface area contributed by atoms with Crippen molar-refractivity contribution >= 4 is 0 Å². The van der Waals surface area contributed by atoms with Crippen molar-refractivity contribution in [3.8, 4) is 0 Å². The Morgan fingerprint density at radius 2 is 1.93 bits per heavy atom. The van der Waals surface area contributed by atoms with Crippen molar-refractivity contribution < 1.29 is 22.3 Å². The van der Waals surface area contributed by atoms with Gasteiger partial charge in [0.1, 0.15) is 5.82 Å². The van der Waals surface area contributed by atoms with Crippen molar-refractivity contribution in [2.24, 2.45) is 5.41 Å². The van der Waals surface area contributed by atoms with E-state index in [1.54, 1.807) is 19.1 Å². The van der Waals surface area contributed by atoms with E-state index in [9.17, 15) is 17.6 Å². The second kappa shape index (κ2) is 7.64. The summed E-state index contributed by atoms with van der Waals surface area (Å²) in [5.41, 5.74) is -0.343. The minimum absolute atomic E-state index is 0.00179. The number of rotatable bonds is 5. The van der Waals surface area contributed by atoms with Crippen LogP contribution in [0.1, 0.15) is 44.2 Å². The highest BCUT2D eigenvalue weighted by atomic mass is 19.4. The molecule has 154 valence electrons. The quantitative estimate of drug-likeness (QED) is 0.652. The van der Waals surface area contributed by atoms with E-state index in [1.165, 1.54) is 17.7 Å². The highest BCUT2D eigenvalue weighted by Crippen LogP contribution is 2.46. The lowest BCUT2D eigenvalue weighted by molar-refractivity contribution is -0.259. The third kappa shape index (κ3) is 3.90. The Morgan fingerprint density at radius 1 is 1.18 bits per heavy atom. The second-order valence-corrected chi connectivity index (χ2v) is 8.23. The van der Waals surface area contributed by atoms with Gasteiger partial charge in [0, 0.05) is 17.5 Å². The van der Waals surface area contributed by atoms with Gasteiger partial charge in [-0.1, -0.05) is 36.8 Å². The third-order valence-corrected chi connectivity index (χ3v) is 6.31. The predicted molar refractivity (Wildman–Crippen MR) is 101 cm³/mol. The number of aryl methyl sites for hydroxylation is 1. The first-order chi connectivity index (χ1) is 13.1. The maximum Gasteiger partial charge on any atom is 0.421 e. The summed E-state index contributed by atoms with van der Waals surface area (Å²) in [4.78, 5) is 0. The van der Waals surface area contributed by atoms with Crippen LogP contribution in [0.15, 0.2) is 41.5 Å². The monoisotopic (exact) mass is 397 g/mol. The Kier molecular flexibility index (Phi) is 5.74. The fourth-order valence-corrected chi connectivity index (χ4v) is 4.05. The van der Waals surface area contributed by atoms with Gasteiger partial charge in [0.05, 0.1) is 6.61 Å². The van der Waals surface area contributed by atoms with E-state index < -0.39 is 24.2 Å². The zero-order chi connectivity index (χ0) is 20.6. The van der Waals surface area contributed by atoms with Crippen LogP contribution in [0.5, 0.6) is 0 Å². The molecular formula is C22H27F4NO. The van der Waals surface area contributed by atoms with Crippen LogP contribution < -0.4 is 5.32 Å². The van der Waals surface area contributed by atoms with Crippen LogP contribution in [0.25, 0.3) is 0 Å². The van der Waals surface area contributed by atoms with E-state index in [1.807, 2.05) is 6.08 Å². The van der Waals surface area contributed by atoms with Crippen LogP contribution in [0.3, 0.4) is 0 Å². The number of allylic oxidation sites excluding steroid dienone is 2. The molecule has 0 spiro atoms. The summed E-state index contributed by atoms with van der Waals surface area (Å²) in [6.45, 7) is 6.21. The zero-order valence-electron chi connectivity index (χ0n) is 16.5. The summed E-state index contributed by atoms with van der Waals surface area (Å²) in [6, 6.07) is 4.44. The maximum atomic E-state index is 14.0. The Bertz CT molecular complexity index is 770. The first-order valence-electron chi connectivity index (χ1n) is 9.63. The Hall–Kier alpha value is -1.66. The minimum Gasteiger partial charge on any atom is -0.357 e. The molecular weight excluding hydrogens is 370 g/mol. The van der Waals surface area contributed by atoms with Crippen LogP contribution in [-0.4, -0.2) is 24.9 Å². The van der Waals surface area contributed by atoms with Gasteiger partial charge in [-0.05, 0) is 56.9 Å². The van der Waals surface area contributed by atoms with Crippen LogP contribution in [0.4, 0.5) is 17.6 Å². The molecule has 1 aromatic carbocycles. The zero-order valence-corrected chi connectivity index (χ0v) is 16.5. The molecule has 2 nitrogen and oxygen atoms in total. The lowest BCUT2D eigenvalue weighted by Crippen LogP contribution is -2.47. The Morgan fingerprint density at radius 3 is 2.46 bits per heavy atom. The first-order valence-corrected chi connectivity index (χ1v) is 9.63. The van der Waals surface area contributed by atoms with Crippen molar-refractivity contribution in [3.05, 3.63) is 58.4 Å². The topological polar surface area (TPSA) is 21.3 Å². The molecule has 28 heavy (non-hydrogen) atoms. The molecule has 0 aromatic heterocycles. The van der Waals surface area contributed by atoms with Crippen LogP contribution in [-0.2, 0) is 11.3 Å². The second-order valence-electron chi connectivity index (χ2n) is 8.23. The Balaban J connectivity index is 1.86. The van der Waals surface area contributed by atoms with Gasteiger partial charge >= 0.3 is 6.18 Å². The summed E-state index contributed by atoms with van der Waals surface area (Å²) >= 11 is 0. The van der Waals surface area contributed by atoms with E-state index >= 15 is 0 Å². The third-order valence-electron chi connectivity index (χ3n) is 6.31. The van der Waals surface area contributed by atoms with Gasteiger partial charge in [-0.25, -0.2) is 4.39 Å². The smallest absolute Gasteiger partial charge is 0.357 e. The van der Waals surface area contributed by atoms with E-state index in [2.05, 4.69) is 12.2 Å². The molecule has 6 heteroatoms. The molecule has 1 saturated heterocycles. The molecule has 2 atom stereocenters. The molecule has 1 N–H and O–H groups in total. The molecule has 0 radical (unpaired) electrons. The average Bonchev–Trinajstić information content (AvgIpc) is 3.08. The largest absolute Gasteiger partial charge is 0.421 e. The summed E-state index contributed by atoms with van der Waals surface area (Å²) in [7, 11) is 0. The number of hydrogen-bond donors (Lipinski definition) is 1. The highest BCUT2D eigenvalue weighted by molar-refractivity contribution is 5.35. The SMILES string of the molecule is Cc1cccc(F)c1COC(C)(C1=CC=C([C@]2(C)CCNC2)CC1)C(F)(F)F. The van der Waals surface area contributed by atoms with Gasteiger partial charge in [0.15, 0.2) is 5.60 Å². The van der Waals surface area contributed by atoms with Crippen molar-refractivity contribution in [1.82, 2.24) is 5.32 Å². The number of nitrogens with one attached hydrogen (secondary N) is 1. The van der Waals surface area contributed by atoms with Crippen molar-refractivity contribution in [3.63, 3.8) is 0 Å². The number of benzene rings is 1. The number of ether oxygens (including phenoxy) is 1. The van der Waals surface area contributed by atoms with Gasteiger partial charge in [-0.2, -0.15) is 13.2 Å². The highest BCUT2D eigenvalue weighted by Gasteiger charge is 2.55. The van der Waals surface area contributed by atoms with Gasteiger partial charge in [0.2, 0.25) is 0 Å². The van der Waals surface area contributed by atoms with E-state index in [0.717, 1.165) is 26.4 Å². The molecule has 1 aliphatic carbocycles. The molecule has 1 fully saturated rings. The van der Waals surface area contributed by atoms with E-state index in [4.69, 9.17) is 4.74 Å². The fraction of sp³-hybridized carbons (Fsp3) is 0.545. The maximum absolute atomic E-state index is 14.0. The number of alkyl halides is 3. The van der Waals surface area contributed by atoms with E-state index in [-0.39, 0.29) is 23.0 Å². The van der Waals surface area contributed by atoms with Gasteiger partial charge < -0.3 is 10.1 Å². The van der Waals surface area contributed by atoms with Crippen LogP contribution >= 0.6 is 0 Å². The molecule has 1 heterocycles. The molecule has 3 rings (SSSR count). The van der Waals surface area contributed by atoms with E-state index in [0.29, 0.717) is 12.0 Å². The van der Waals surface area contributed by atoms with Crippen LogP contribution in [0.2, 0.25) is 0 Å². The lowest BCUT2D eigenvalue weighted by atomic mass is 9.75. The number of hydrogen-bond acceptors (Lipinski definition) is 2.